The quantitative estimate of drug-likeness (QED) is 0.889. The van der Waals surface area contributed by atoms with Crippen molar-refractivity contribution in [1.82, 2.24) is 4.31 Å². The number of aromatic carboxylic acids is 1. The molecule has 1 aliphatic rings. The van der Waals surface area contributed by atoms with Crippen molar-refractivity contribution in [2.24, 2.45) is 0 Å². The van der Waals surface area contributed by atoms with E-state index in [0.29, 0.717) is 19.5 Å². The molecule has 1 fully saturated rings. The molecule has 0 bridgehead atoms. The molecule has 8 heteroatoms. The molecule has 1 aliphatic heterocycles. The minimum Gasteiger partial charge on any atom is -0.478 e. The molecular formula is C10H13NO5S2. The van der Waals surface area contributed by atoms with Crippen LogP contribution in [-0.4, -0.2) is 50.1 Å². The number of hydrogen-bond donors (Lipinski definition) is 1. The second-order valence-electron chi connectivity index (χ2n) is 3.97. The number of ether oxygens (including phenoxy) is 1. The van der Waals surface area contributed by atoms with Gasteiger partial charge in [-0.1, -0.05) is 0 Å². The number of thiophene rings is 1. The summed E-state index contributed by atoms with van der Waals surface area (Å²) in [5.41, 5.74) is 0.000985. The maximum absolute atomic E-state index is 12.2. The van der Waals surface area contributed by atoms with Gasteiger partial charge in [-0.05, 0) is 12.5 Å². The zero-order valence-corrected chi connectivity index (χ0v) is 11.3. The van der Waals surface area contributed by atoms with E-state index in [-0.39, 0.29) is 15.9 Å². The molecule has 0 amide bonds. The van der Waals surface area contributed by atoms with Crippen LogP contribution in [-0.2, 0) is 14.8 Å². The highest BCUT2D eigenvalue weighted by atomic mass is 32.2. The second-order valence-corrected chi connectivity index (χ2v) is 7.05. The highest BCUT2D eigenvalue weighted by Gasteiger charge is 2.33. The maximum Gasteiger partial charge on any atom is 0.336 e. The topological polar surface area (TPSA) is 83.9 Å². The first-order valence-corrected chi connectivity index (χ1v) is 7.62. The number of nitrogens with zero attached hydrogens (tertiary/aromatic N) is 1. The summed E-state index contributed by atoms with van der Waals surface area (Å²) >= 11 is 0.929. The van der Waals surface area contributed by atoms with Crippen LogP contribution in [0.1, 0.15) is 16.8 Å². The number of carboxylic acid groups (broad SMARTS) is 1. The molecule has 6 nitrogen and oxygen atoms in total. The Morgan fingerprint density at radius 2 is 2.33 bits per heavy atom. The zero-order valence-electron chi connectivity index (χ0n) is 9.70. The van der Waals surface area contributed by atoms with Crippen LogP contribution >= 0.6 is 11.3 Å². The molecule has 1 unspecified atom stereocenters. The lowest BCUT2D eigenvalue weighted by Crippen LogP contribution is -2.29. The van der Waals surface area contributed by atoms with E-state index >= 15 is 0 Å². The lowest BCUT2D eigenvalue weighted by Gasteiger charge is -2.14. The Labute approximate surface area is 109 Å². The standard InChI is InChI=1S/C10H13NO5S2/c1-16-8-2-3-11(5-8)18(14,15)9-4-7(6-17-9)10(12)13/h4,6,8H,2-3,5H2,1H3,(H,12,13). The Morgan fingerprint density at radius 1 is 1.61 bits per heavy atom. The molecule has 18 heavy (non-hydrogen) atoms. The second kappa shape index (κ2) is 4.96. The fourth-order valence-corrected chi connectivity index (χ4v) is 4.59. The van der Waals surface area contributed by atoms with Crippen LogP contribution in [0.3, 0.4) is 0 Å². The highest BCUT2D eigenvalue weighted by molar-refractivity contribution is 7.91. The van der Waals surface area contributed by atoms with E-state index in [4.69, 9.17) is 9.84 Å². The van der Waals surface area contributed by atoms with Gasteiger partial charge in [-0.25, -0.2) is 13.2 Å². The van der Waals surface area contributed by atoms with Gasteiger partial charge in [-0.3, -0.25) is 0 Å². The van der Waals surface area contributed by atoms with Gasteiger partial charge in [0.1, 0.15) is 4.21 Å². The summed E-state index contributed by atoms with van der Waals surface area (Å²) < 4.78 is 31.0. The minimum absolute atomic E-state index is 0.000985. The van der Waals surface area contributed by atoms with Gasteiger partial charge < -0.3 is 9.84 Å². The minimum atomic E-state index is -3.59. The van der Waals surface area contributed by atoms with Crippen molar-refractivity contribution in [1.29, 1.82) is 0 Å². The summed E-state index contributed by atoms with van der Waals surface area (Å²) in [6.45, 7) is 0.723. The fraction of sp³-hybridized carbons (Fsp3) is 0.500. The summed E-state index contributed by atoms with van der Waals surface area (Å²) in [4.78, 5) is 10.7. The Bertz CT molecular complexity index is 550. The molecule has 1 saturated heterocycles. The lowest BCUT2D eigenvalue weighted by atomic mass is 10.3. The maximum atomic E-state index is 12.2. The normalized spacial score (nSPS) is 21.3. The monoisotopic (exact) mass is 291 g/mol. The summed E-state index contributed by atoms with van der Waals surface area (Å²) in [6, 6.07) is 1.20. The average molecular weight is 291 g/mol. The van der Waals surface area contributed by atoms with Gasteiger partial charge in [-0.15, -0.1) is 11.3 Å². The molecule has 0 saturated carbocycles. The molecule has 2 rings (SSSR count). The van der Waals surface area contributed by atoms with Crippen molar-refractivity contribution < 1.29 is 23.1 Å². The van der Waals surface area contributed by atoms with Crippen LogP contribution in [0.15, 0.2) is 15.7 Å². The van der Waals surface area contributed by atoms with Crippen molar-refractivity contribution in [2.45, 2.75) is 16.7 Å². The molecule has 1 atom stereocenters. The first-order valence-electron chi connectivity index (χ1n) is 5.30. The SMILES string of the molecule is COC1CCN(S(=O)(=O)c2cc(C(=O)O)cs2)C1. The number of methoxy groups -OCH3 is 1. The average Bonchev–Trinajstić information content (AvgIpc) is 2.98. The molecule has 100 valence electrons. The molecule has 2 heterocycles. The zero-order chi connectivity index (χ0) is 13.3. The van der Waals surface area contributed by atoms with E-state index in [9.17, 15) is 13.2 Å². The first-order chi connectivity index (χ1) is 8.45. The van der Waals surface area contributed by atoms with Gasteiger partial charge in [-0.2, -0.15) is 4.31 Å². The van der Waals surface area contributed by atoms with Crippen molar-refractivity contribution >= 4 is 27.3 Å². The van der Waals surface area contributed by atoms with Gasteiger partial charge in [0.2, 0.25) is 0 Å². The molecule has 0 radical (unpaired) electrons. The van der Waals surface area contributed by atoms with Crippen LogP contribution in [0.5, 0.6) is 0 Å². The van der Waals surface area contributed by atoms with Crippen molar-refractivity contribution in [2.75, 3.05) is 20.2 Å². The summed E-state index contributed by atoms with van der Waals surface area (Å²) in [5.74, 6) is -1.12. The Balaban J connectivity index is 2.23. The predicted molar refractivity (Wildman–Crippen MR) is 65.5 cm³/mol. The van der Waals surface area contributed by atoms with Crippen molar-refractivity contribution in [3.8, 4) is 0 Å². The summed E-state index contributed by atoms with van der Waals surface area (Å²) in [6.07, 6.45) is 0.575. The summed E-state index contributed by atoms with van der Waals surface area (Å²) in [5, 5.41) is 10.1. The number of hydrogen-bond acceptors (Lipinski definition) is 5. The number of rotatable bonds is 4. The van der Waals surface area contributed by atoms with E-state index in [0.717, 1.165) is 11.3 Å². The van der Waals surface area contributed by atoms with Gasteiger partial charge >= 0.3 is 5.97 Å². The van der Waals surface area contributed by atoms with Crippen LogP contribution in [0.2, 0.25) is 0 Å². The van der Waals surface area contributed by atoms with Crippen LogP contribution < -0.4 is 0 Å². The smallest absolute Gasteiger partial charge is 0.336 e. The Hall–Kier alpha value is -0.960. The third-order valence-corrected chi connectivity index (χ3v) is 6.14. The Kier molecular flexibility index (Phi) is 3.71. The van der Waals surface area contributed by atoms with Crippen molar-refractivity contribution in [3.63, 3.8) is 0 Å². The first kappa shape index (κ1) is 13.5. The lowest BCUT2D eigenvalue weighted by molar-refractivity contribution is 0.0697. The number of carboxylic acids is 1. The molecule has 1 aromatic heterocycles. The Morgan fingerprint density at radius 3 is 2.83 bits per heavy atom. The van der Waals surface area contributed by atoms with Gasteiger partial charge in [0, 0.05) is 25.6 Å². The van der Waals surface area contributed by atoms with Crippen LogP contribution in [0.4, 0.5) is 0 Å². The van der Waals surface area contributed by atoms with Gasteiger partial charge in [0.05, 0.1) is 11.7 Å². The molecule has 0 aliphatic carbocycles. The fourth-order valence-electron chi connectivity index (χ4n) is 1.80. The molecular weight excluding hydrogens is 278 g/mol. The van der Waals surface area contributed by atoms with Crippen LogP contribution in [0, 0.1) is 0 Å². The van der Waals surface area contributed by atoms with Crippen molar-refractivity contribution in [3.05, 3.63) is 17.0 Å². The molecule has 0 spiro atoms. The third kappa shape index (κ3) is 2.41. The number of carbonyl (C=O) groups is 1. The summed E-state index contributed by atoms with van der Waals surface area (Å²) in [7, 11) is -2.04. The molecule has 0 aromatic carbocycles. The van der Waals surface area contributed by atoms with Gasteiger partial charge in [0.25, 0.3) is 10.0 Å². The molecule has 1 aromatic rings. The van der Waals surface area contributed by atoms with Gasteiger partial charge in [0.15, 0.2) is 0 Å². The highest BCUT2D eigenvalue weighted by Crippen LogP contribution is 2.27. The van der Waals surface area contributed by atoms with E-state index in [2.05, 4.69) is 0 Å². The van der Waals surface area contributed by atoms with Crippen LogP contribution in [0.25, 0.3) is 0 Å². The van der Waals surface area contributed by atoms with E-state index < -0.39 is 16.0 Å². The van der Waals surface area contributed by atoms with E-state index in [1.54, 1.807) is 7.11 Å². The molecule has 1 N–H and O–H groups in total. The third-order valence-electron chi connectivity index (χ3n) is 2.86. The van der Waals surface area contributed by atoms with E-state index in [1.807, 2.05) is 0 Å². The number of sulfonamides is 1. The van der Waals surface area contributed by atoms with E-state index in [1.165, 1.54) is 15.8 Å². The largest absolute Gasteiger partial charge is 0.478 e. The predicted octanol–water partition coefficient (Wildman–Crippen LogP) is 0.856.